The van der Waals surface area contributed by atoms with Crippen LogP contribution in [-0.4, -0.2) is 34.0 Å². The highest BCUT2D eigenvalue weighted by atomic mass is 16.4. The number of hydrogen-bond donors (Lipinski definition) is 1. The van der Waals surface area contributed by atoms with Gasteiger partial charge in [0.05, 0.1) is 12.5 Å². The standard InChI is InChI=1S/C18H20N2O3/c19-10-9-12-5-7-13(8-6-12)17(21)20-15-4-2-1-3-14(15)11-16(20)18(22)23/h5-8,14-16H,1-4,9,11H2,(H,22,23). The highest BCUT2D eigenvalue weighted by molar-refractivity contribution is 5.97. The van der Waals surface area contributed by atoms with Crippen LogP contribution in [0.3, 0.4) is 0 Å². The van der Waals surface area contributed by atoms with Crippen molar-refractivity contribution in [2.45, 2.75) is 50.6 Å². The van der Waals surface area contributed by atoms with Gasteiger partial charge < -0.3 is 10.0 Å². The zero-order chi connectivity index (χ0) is 16.4. The molecule has 1 saturated carbocycles. The second-order valence-corrected chi connectivity index (χ2v) is 6.45. The fourth-order valence-corrected chi connectivity index (χ4v) is 3.98. The van der Waals surface area contributed by atoms with Crippen LogP contribution in [0, 0.1) is 17.2 Å². The van der Waals surface area contributed by atoms with Crippen LogP contribution in [0.5, 0.6) is 0 Å². The minimum Gasteiger partial charge on any atom is -0.480 e. The van der Waals surface area contributed by atoms with Gasteiger partial charge in [0.15, 0.2) is 0 Å². The van der Waals surface area contributed by atoms with Crippen molar-refractivity contribution >= 4 is 11.9 Å². The lowest BCUT2D eigenvalue weighted by Gasteiger charge is -2.33. The summed E-state index contributed by atoms with van der Waals surface area (Å²) in [5.74, 6) is -0.796. The van der Waals surface area contributed by atoms with Crippen molar-refractivity contribution in [3.05, 3.63) is 35.4 Å². The van der Waals surface area contributed by atoms with Crippen molar-refractivity contribution in [1.29, 1.82) is 5.26 Å². The number of carbonyl (C=O) groups excluding carboxylic acids is 1. The minimum absolute atomic E-state index is 0.0520. The number of carboxylic acids is 1. The molecule has 3 unspecified atom stereocenters. The molecule has 1 aliphatic heterocycles. The van der Waals surface area contributed by atoms with Crippen molar-refractivity contribution in [2.75, 3.05) is 0 Å². The van der Waals surface area contributed by atoms with E-state index < -0.39 is 12.0 Å². The number of likely N-dealkylation sites (tertiary alicyclic amines) is 1. The molecular weight excluding hydrogens is 292 g/mol. The first-order valence-corrected chi connectivity index (χ1v) is 8.13. The van der Waals surface area contributed by atoms with Gasteiger partial charge in [0, 0.05) is 11.6 Å². The Morgan fingerprint density at radius 1 is 1.22 bits per heavy atom. The molecule has 3 atom stereocenters. The van der Waals surface area contributed by atoms with Gasteiger partial charge in [0.1, 0.15) is 6.04 Å². The summed E-state index contributed by atoms with van der Waals surface area (Å²) in [4.78, 5) is 26.1. The van der Waals surface area contributed by atoms with Gasteiger partial charge in [-0.25, -0.2) is 4.79 Å². The first kappa shape index (κ1) is 15.5. The number of benzene rings is 1. The summed E-state index contributed by atoms with van der Waals surface area (Å²) in [5, 5.41) is 18.2. The van der Waals surface area contributed by atoms with Crippen LogP contribution in [-0.2, 0) is 11.2 Å². The second kappa shape index (κ2) is 6.41. The summed E-state index contributed by atoms with van der Waals surface area (Å²) in [5.41, 5.74) is 1.36. The van der Waals surface area contributed by atoms with E-state index in [9.17, 15) is 14.7 Å². The molecule has 1 amide bonds. The Morgan fingerprint density at radius 2 is 1.91 bits per heavy atom. The first-order valence-electron chi connectivity index (χ1n) is 8.13. The lowest BCUT2D eigenvalue weighted by atomic mass is 9.84. The van der Waals surface area contributed by atoms with Crippen LogP contribution in [0.1, 0.15) is 48.0 Å². The highest BCUT2D eigenvalue weighted by Crippen LogP contribution is 2.40. The molecule has 0 bridgehead atoms. The predicted molar refractivity (Wildman–Crippen MR) is 83.7 cm³/mol. The highest BCUT2D eigenvalue weighted by Gasteiger charge is 2.47. The summed E-state index contributed by atoms with van der Waals surface area (Å²) >= 11 is 0. The number of fused-ring (bicyclic) bond motifs is 1. The maximum atomic E-state index is 12.9. The van der Waals surface area contributed by atoms with Gasteiger partial charge in [-0.2, -0.15) is 5.26 Å². The van der Waals surface area contributed by atoms with E-state index in [1.54, 1.807) is 29.2 Å². The zero-order valence-corrected chi connectivity index (χ0v) is 12.9. The van der Waals surface area contributed by atoms with E-state index in [4.69, 9.17) is 5.26 Å². The van der Waals surface area contributed by atoms with Crippen molar-refractivity contribution in [2.24, 2.45) is 5.92 Å². The number of amides is 1. The number of rotatable bonds is 3. The molecule has 1 aromatic carbocycles. The predicted octanol–water partition coefficient (Wildman–Crippen LogP) is 2.61. The van der Waals surface area contributed by atoms with Gasteiger partial charge in [0.2, 0.25) is 0 Å². The molecule has 0 spiro atoms. The number of nitrogens with zero attached hydrogens (tertiary/aromatic N) is 2. The van der Waals surface area contributed by atoms with E-state index in [0.717, 1.165) is 31.2 Å². The molecule has 3 rings (SSSR count). The number of nitriles is 1. The summed E-state index contributed by atoms with van der Waals surface area (Å²) in [6.45, 7) is 0. The number of aliphatic carboxylic acids is 1. The van der Waals surface area contributed by atoms with Gasteiger partial charge in [-0.15, -0.1) is 0 Å². The van der Waals surface area contributed by atoms with Crippen LogP contribution in [0.4, 0.5) is 0 Å². The van der Waals surface area contributed by atoms with E-state index in [1.165, 1.54) is 0 Å². The average Bonchev–Trinajstić information content (AvgIpc) is 2.95. The topological polar surface area (TPSA) is 81.4 Å². The SMILES string of the molecule is N#CCc1ccc(C(=O)N2C(C(=O)O)CC3CCCCC32)cc1. The third-order valence-electron chi connectivity index (χ3n) is 5.09. The fraction of sp³-hybridized carbons (Fsp3) is 0.500. The molecule has 1 heterocycles. The summed E-state index contributed by atoms with van der Waals surface area (Å²) in [7, 11) is 0. The molecule has 5 nitrogen and oxygen atoms in total. The van der Waals surface area contributed by atoms with E-state index in [1.807, 2.05) is 0 Å². The van der Waals surface area contributed by atoms with E-state index in [0.29, 0.717) is 24.3 Å². The van der Waals surface area contributed by atoms with Crippen LogP contribution >= 0.6 is 0 Å². The molecule has 1 saturated heterocycles. The normalized spacial score (nSPS) is 26.4. The van der Waals surface area contributed by atoms with Gasteiger partial charge in [0.25, 0.3) is 5.91 Å². The minimum atomic E-state index is -0.908. The number of carbonyl (C=O) groups is 2. The first-order chi connectivity index (χ1) is 11.1. The molecule has 0 radical (unpaired) electrons. The largest absolute Gasteiger partial charge is 0.480 e. The fourth-order valence-electron chi connectivity index (χ4n) is 3.98. The third kappa shape index (κ3) is 2.94. The molecule has 2 fully saturated rings. The monoisotopic (exact) mass is 312 g/mol. The molecular formula is C18H20N2O3. The molecule has 1 aliphatic carbocycles. The molecule has 1 N–H and O–H groups in total. The lowest BCUT2D eigenvalue weighted by Crippen LogP contribution is -2.46. The van der Waals surface area contributed by atoms with Crippen LogP contribution in [0.2, 0.25) is 0 Å². The Kier molecular flexibility index (Phi) is 4.33. The summed E-state index contributed by atoms with van der Waals surface area (Å²) < 4.78 is 0. The van der Waals surface area contributed by atoms with Crippen molar-refractivity contribution < 1.29 is 14.7 Å². The van der Waals surface area contributed by atoms with Gasteiger partial charge in [-0.3, -0.25) is 4.79 Å². The Bertz CT molecular complexity index is 647. The third-order valence-corrected chi connectivity index (χ3v) is 5.09. The zero-order valence-electron chi connectivity index (χ0n) is 12.9. The van der Waals surface area contributed by atoms with Crippen molar-refractivity contribution in [1.82, 2.24) is 4.90 Å². The van der Waals surface area contributed by atoms with Gasteiger partial charge >= 0.3 is 5.97 Å². The summed E-state index contributed by atoms with van der Waals surface area (Å²) in [6, 6.07) is 8.34. The Labute approximate surface area is 135 Å². The van der Waals surface area contributed by atoms with E-state index in [-0.39, 0.29) is 11.9 Å². The second-order valence-electron chi connectivity index (χ2n) is 6.45. The van der Waals surface area contributed by atoms with E-state index in [2.05, 4.69) is 6.07 Å². The van der Waals surface area contributed by atoms with Crippen molar-refractivity contribution in [3.8, 4) is 6.07 Å². The molecule has 5 heteroatoms. The molecule has 1 aromatic rings. The van der Waals surface area contributed by atoms with Gasteiger partial charge in [-0.1, -0.05) is 25.0 Å². The van der Waals surface area contributed by atoms with Crippen LogP contribution in [0.25, 0.3) is 0 Å². The maximum absolute atomic E-state index is 12.9. The smallest absolute Gasteiger partial charge is 0.326 e. The van der Waals surface area contributed by atoms with Crippen LogP contribution < -0.4 is 0 Å². The maximum Gasteiger partial charge on any atom is 0.326 e. The van der Waals surface area contributed by atoms with Crippen molar-refractivity contribution in [3.63, 3.8) is 0 Å². The van der Waals surface area contributed by atoms with Crippen LogP contribution in [0.15, 0.2) is 24.3 Å². The number of carboxylic acid groups (broad SMARTS) is 1. The quantitative estimate of drug-likeness (QED) is 0.930. The molecule has 23 heavy (non-hydrogen) atoms. The Balaban J connectivity index is 1.86. The number of hydrogen-bond acceptors (Lipinski definition) is 3. The molecule has 0 aromatic heterocycles. The van der Waals surface area contributed by atoms with Gasteiger partial charge in [-0.05, 0) is 42.9 Å². The Morgan fingerprint density at radius 3 is 2.57 bits per heavy atom. The molecule has 2 aliphatic rings. The molecule has 120 valence electrons. The summed E-state index contributed by atoms with van der Waals surface area (Å²) in [6.07, 6.45) is 4.96. The lowest BCUT2D eigenvalue weighted by molar-refractivity contribution is -0.141. The average molecular weight is 312 g/mol. The van der Waals surface area contributed by atoms with E-state index >= 15 is 0 Å². The Hall–Kier alpha value is -2.35.